The minimum atomic E-state index is -0.997. The second-order valence-electron chi connectivity index (χ2n) is 9.43. The lowest BCUT2D eigenvalue weighted by Crippen LogP contribution is -2.40. The number of carbonyl (C=O) groups is 2. The molecule has 198 valence electrons. The molecule has 0 radical (unpaired) electrons. The summed E-state index contributed by atoms with van der Waals surface area (Å²) in [6.45, 7) is 8.96. The third kappa shape index (κ3) is 6.80. The monoisotopic (exact) mass is 504 g/mol. The maximum atomic E-state index is 13.3. The number of fused-ring (bicyclic) bond motifs is 2. The number of hydrogen-bond acceptors (Lipinski definition) is 9. The molecule has 0 saturated carbocycles. The Bertz CT molecular complexity index is 997. The number of aryl methyl sites for hydroxylation is 1. The van der Waals surface area contributed by atoms with E-state index in [9.17, 15) is 9.59 Å². The zero-order valence-corrected chi connectivity index (χ0v) is 21.9. The van der Waals surface area contributed by atoms with Crippen LogP contribution in [0.1, 0.15) is 49.2 Å². The first kappa shape index (κ1) is 28.0. The van der Waals surface area contributed by atoms with Crippen LogP contribution < -0.4 is 4.74 Å². The van der Waals surface area contributed by atoms with Gasteiger partial charge in [-0.15, -0.1) is 0 Å². The highest BCUT2D eigenvalue weighted by Gasteiger charge is 2.48. The van der Waals surface area contributed by atoms with Gasteiger partial charge in [0.25, 0.3) is 0 Å². The van der Waals surface area contributed by atoms with Crippen LogP contribution in [0.2, 0.25) is 0 Å². The molecule has 1 aromatic carbocycles. The Morgan fingerprint density at radius 1 is 0.972 bits per heavy atom. The van der Waals surface area contributed by atoms with Gasteiger partial charge in [-0.25, -0.2) is 4.79 Å². The van der Waals surface area contributed by atoms with Gasteiger partial charge in [-0.2, -0.15) is 0 Å². The molecule has 0 N–H and O–H groups in total. The van der Waals surface area contributed by atoms with Crippen molar-refractivity contribution in [3.8, 4) is 5.75 Å². The van der Waals surface area contributed by atoms with Crippen LogP contribution in [-0.4, -0.2) is 69.8 Å². The Hall–Kier alpha value is -2.56. The molecule has 3 rings (SSSR count). The van der Waals surface area contributed by atoms with Gasteiger partial charge in [0.15, 0.2) is 24.5 Å². The Balaban J connectivity index is 2.15. The fourth-order valence-corrected chi connectivity index (χ4v) is 4.05. The summed E-state index contributed by atoms with van der Waals surface area (Å²) in [4.78, 5) is 26.5. The Labute approximate surface area is 212 Å². The van der Waals surface area contributed by atoms with E-state index >= 15 is 0 Å². The highest BCUT2D eigenvalue weighted by molar-refractivity contribution is 5.97. The maximum Gasteiger partial charge on any atom is 0.342 e. The van der Waals surface area contributed by atoms with E-state index in [0.29, 0.717) is 11.3 Å². The number of methoxy groups -OCH3 is 2. The molecule has 2 heterocycles. The van der Waals surface area contributed by atoms with E-state index in [-0.39, 0.29) is 30.9 Å². The van der Waals surface area contributed by atoms with Crippen molar-refractivity contribution in [1.29, 1.82) is 0 Å². The number of rotatable bonds is 6. The summed E-state index contributed by atoms with van der Waals surface area (Å²) in [5.41, 5.74) is 1.69. The van der Waals surface area contributed by atoms with Crippen LogP contribution in [0.25, 0.3) is 6.08 Å². The summed E-state index contributed by atoms with van der Waals surface area (Å²) in [5.74, 6) is -1.72. The summed E-state index contributed by atoms with van der Waals surface area (Å²) in [5, 5.41) is 0. The second-order valence-corrected chi connectivity index (χ2v) is 9.43. The first-order valence-electron chi connectivity index (χ1n) is 11.9. The zero-order valence-electron chi connectivity index (χ0n) is 21.9. The number of ether oxygens (including phenoxy) is 7. The van der Waals surface area contributed by atoms with Crippen LogP contribution in [0.3, 0.4) is 0 Å². The van der Waals surface area contributed by atoms with Gasteiger partial charge >= 0.3 is 5.97 Å². The summed E-state index contributed by atoms with van der Waals surface area (Å²) in [6, 6.07) is 3.60. The molecule has 0 amide bonds. The number of cyclic esters (lactones) is 1. The predicted molar refractivity (Wildman–Crippen MR) is 131 cm³/mol. The molecule has 4 unspecified atom stereocenters. The number of hydrogen-bond donors (Lipinski definition) is 0. The molecule has 36 heavy (non-hydrogen) atoms. The first-order valence-corrected chi connectivity index (χ1v) is 11.9. The van der Waals surface area contributed by atoms with E-state index in [1.807, 2.05) is 19.9 Å². The van der Waals surface area contributed by atoms with Crippen molar-refractivity contribution in [2.24, 2.45) is 5.92 Å². The van der Waals surface area contributed by atoms with Crippen molar-refractivity contribution in [3.05, 3.63) is 47.1 Å². The van der Waals surface area contributed by atoms with Gasteiger partial charge in [-0.3, -0.25) is 4.79 Å². The van der Waals surface area contributed by atoms with Gasteiger partial charge < -0.3 is 33.2 Å². The average Bonchev–Trinajstić information content (AvgIpc) is 3.15. The number of esters is 1. The molecule has 0 spiro atoms. The molecule has 5 atom stereocenters. The van der Waals surface area contributed by atoms with Crippen LogP contribution in [0.4, 0.5) is 0 Å². The van der Waals surface area contributed by atoms with Crippen molar-refractivity contribution >= 4 is 17.8 Å². The van der Waals surface area contributed by atoms with Gasteiger partial charge in [0.2, 0.25) is 0 Å². The summed E-state index contributed by atoms with van der Waals surface area (Å²) >= 11 is 0. The number of benzene rings is 1. The third-order valence-electron chi connectivity index (χ3n) is 5.99. The van der Waals surface area contributed by atoms with Crippen molar-refractivity contribution in [1.82, 2.24) is 0 Å². The molecule has 1 aromatic rings. The maximum absolute atomic E-state index is 13.3. The van der Waals surface area contributed by atoms with E-state index in [1.54, 1.807) is 45.1 Å². The standard InChI is InChI=1S/C27H36O9/c1-16-12-19-9-11-21(32-14-30-6)25-24(35-27(4,5)36-25)20(28)10-8-17(2)18(3)34-26(29)23(19)22(13-16)33-15-31-7/h8-13,17-18,21,24-25H,14-15H2,1-7H3/b10-8-,11-9+/t17-,18?,21?,24?,25?/m1/s1. The van der Waals surface area contributed by atoms with E-state index in [1.165, 1.54) is 20.3 Å². The molecule has 9 heteroatoms. The van der Waals surface area contributed by atoms with Crippen LogP contribution >= 0.6 is 0 Å². The first-order chi connectivity index (χ1) is 17.1. The largest absolute Gasteiger partial charge is 0.467 e. The molecule has 0 aromatic heterocycles. The lowest BCUT2D eigenvalue weighted by Gasteiger charge is -2.24. The third-order valence-corrected chi connectivity index (χ3v) is 5.99. The zero-order chi connectivity index (χ0) is 26.5. The quantitative estimate of drug-likeness (QED) is 0.423. The van der Waals surface area contributed by atoms with Gasteiger partial charge in [-0.1, -0.05) is 31.2 Å². The van der Waals surface area contributed by atoms with Gasteiger partial charge in [-0.05, 0) is 51.0 Å². The Kier molecular flexibility index (Phi) is 9.43. The molecular weight excluding hydrogens is 468 g/mol. The highest BCUT2D eigenvalue weighted by atomic mass is 16.8. The van der Waals surface area contributed by atoms with Gasteiger partial charge in [0, 0.05) is 20.1 Å². The van der Waals surface area contributed by atoms with Crippen molar-refractivity contribution in [2.45, 2.75) is 64.8 Å². The lowest BCUT2D eigenvalue weighted by atomic mass is 9.97. The van der Waals surface area contributed by atoms with Crippen LogP contribution in [0.15, 0.2) is 30.4 Å². The van der Waals surface area contributed by atoms with Crippen LogP contribution in [0, 0.1) is 12.8 Å². The van der Waals surface area contributed by atoms with E-state index in [0.717, 1.165) is 5.56 Å². The normalized spacial score (nSPS) is 30.0. The molecular formula is C27H36O9. The Morgan fingerprint density at radius 2 is 1.69 bits per heavy atom. The lowest BCUT2D eigenvalue weighted by molar-refractivity contribution is -0.164. The topological polar surface area (TPSA) is 98.8 Å². The minimum Gasteiger partial charge on any atom is -0.467 e. The fraction of sp³-hybridized carbons (Fsp3) is 0.556. The van der Waals surface area contributed by atoms with Crippen molar-refractivity contribution in [2.75, 3.05) is 27.8 Å². The molecule has 2 aliphatic heterocycles. The summed E-state index contributed by atoms with van der Waals surface area (Å²) in [6.07, 6.45) is 3.74. The fourth-order valence-electron chi connectivity index (χ4n) is 4.05. The molecule has 0 aliphatic carbocycles. The van der Waals surface area contributed by atoms with E-state index in [2.05, 4.69) is 0 Å². The molecule has 0 bridgehead atoms. The van der Waals surface area contributed by atoms with Crippen molar-refractivity contribution in [3.63, 3.8) is 0 Å². The van der Waals surface area contributed by atoms with Gasteiger partial charge in [0.05, 0.1) is 0 Å². The van der Waals surface area contributed by atoms with Crippen molar-refractivity contribution < 1.29 is 42.7 Å². The molecule has 1 fully saturated rings. The summed E-state index contributed by atoms with van der Waals surface area (Å²) < 4.78 is 39.7. The smallest absolute Gasteiger partial charge is 0.342 e. The van der Waals surface area contributed by atoms with Gasteiger partial charge in [0.1, 0.15) is 36.4 Å². The average molecular weight is 505 g/mol. The van der Waals surface area contributed by atoms with Crippen LogP contribution in [0.5, 0.6) is 5.75 Å². The Morgan fingerprint density at radius 3 is 2.39 bits per heavy atom. The highest BCUT2D eigenvalue weighted by Crippen LogP contribution is 2.34. The number of ketones is 1. The molecule has 2 aliphatic rings. The molecule has 9 nitrogen and oxygen atoms in total. The second kappa shape index (κ2) is 12.1. The van der Waals surface area contributed by atoms with E-state index < -0.39 is 36.2 Å². The number of carbonyl (C=O) groups excluding carboxylic acids is 2. The van der Waals surface area contributed by atoms with Crippen LogP contribution in [-0.2, 0) is 33.2 Å². The minimum absolute atomic E-state index is 0.0344. The SMILES string of the molecule is COCOc1cc(C)cc2c1C(=O)OC(C)[C@H](C)/C=C\C(=O)C1OC(C)(C)OC1C(OCOC)/C=C/2. The predicted octanol–water partition coefficient (Wildman–Crippen LogP) is 3.82. The summed E-state index contributed by atoms with van der Waals surface area (Å²) in [7, 11) is 3.01. The molecule has 1 saturated heterocycles. The van der Waals surface area contributed by atoms with E-state index in [4.69, 9.17) is 33.2 Å².